The van der Waals surface area contributed by atoms with Crippen LogP contribution in [0.1, 0.15) is 12.0 Å². The summed E-state index contributed by atoms with van der Waals surface area (Å²) in [6.45, 7) is 0.375. The Morgan fingerprint density at radius 2 is 2.00 bits per heavy atom. The Kier molecular flexibility index (Phi) is 3.06. The monoisotopic (exact) mass is 235 g/mol. The molecule has 2 amide bonds. The first kappa shape index (κ1) is 10.9. The van der Waals surface area contributed by atoms with Crippen molar-refractivity contribution in [1.29, 1.82) is 0 Å². The molecule has 1 aliphatic rings. The van der Waals surface area contributed by atoms with Gasteiger partial charge in [0, 0.05) is 12.1 Å². The minimum Gasteiger partial charge on any atom is -0.269 e. The van der Waals surface area contributed by atoms with Gasteiger partial charge in [0.1, 0.15) is 0 Å². The first-order chi connectivity index (χ1) is 7.68. The van der Waals surface area contributed by atoms with E-state index < -0.39 is 5.37 Å². The van der Waals surface area contributed by atoms with Gasteiger partial charge in [0.15, 0.2) is 0 Å². The lowest BCUT2D eigenvalue weighted by Crippen LogP contribution is -2.27. The molecule has 1 aromatic carbocycles. The molecule has 3 nitrogen and oxygen atoms in total. The van der Waals surface area contributed by atoms with Crippen molar-refractivity contribution < 1.29 is 9.59 Å². The lowest BCUT2D eigenvalue weighted by Gasteiger charge is -2.06. The quantitative estimate of drug-likeness (QED) is 0.426. The minimum absolute atomic E-state index is 0.288. The molecule has 0 saturated carbocycles. The maximum Gasteiger partial charge on any atom is 0.323 e. The Bertz CT molecular complexity index is 453. The second kappa shape index (κ2) is 4.49. The Morgan fingerprint density at radius 1 is 1.31 bits per heavy atom. The molecule has 0 atom stereocenters. The summed E-state index contributed by atoms with van der Waals surface area (Å²) in [5.41, 5.74) is 1.58. The zero-order valence-corrected chi connectivity index (χ0v) is 9.28. The molecular formula is C12H10ClNO2. The molecule has 0 aromatic heterocycles. The first-order valence-electron chi connectivity index (χ1n) is 4.95. The minimum atomic E-state index is -0.707. The van der Waals surface area contributed by atoms with Gasteiger partial charge in [0.05, 0.1) is 0 Å². The van der Waals surface area contributed by atoms with Crippen molar-refractivity contribution >= 4 is 29.0 Å². The highest BCUT2D eigenvalue weighted by Crippen LogP contribution is 2.21. The van der Waals surface area contributed by atoms with Gasteiger partial charge < -0.3 is 0 Å². The SMILES string of the molecule is O=C(Cl)N1CCC(=Cc2ccccc2)C1=O. The van der Waals surface area contributed by atoms with Crippen LogP contribution in [0.4, 0.5) is 4.79 Å². The molecular weight excluding hydrogens is 226 g/mol. The lowest BCUT2D eigenvalue weighted by molar-refractivity contribution is -0.121. The normalized spacial score (nSPS) is 18.2. The van der Waals surface area contributed by atoms with Gasteiger partial charge in [-0.1, -0.05) is 30.3 Å². The maximum atomic E-state index is 11.7. The molecule has 1 saturated heterocycles. The predicted molar refractivity (Wildman–Crippen MR) is 62.0 cm³/mol. The molecule has 0 aliphatic carbocycles. The highest BCUT2D eigenvalue weighted by molar-refractivity contribution is 6.64. The third kappa shape index (κ3) is 2.14. The molecule has 2 rings (SSSR count). The van der Waals surface area contributed by atoms with Crippen molar-refractivity contribution in [3.63, 3.8) is 0 Å². The van der Waals surface area contributed by atoms with Gasteiger partial charge in [-0.15, -0.1) is 0 Å². The zero-order chi connectivity index (χ0) is 11.5. The molecule has 0 radical (unpaired) electrons. The molecule has 16 heavy (non-hydrogen) atoms. The van der Waals surface area contributed by atoms with Gasteiger partial charge in [-0.2, -0.15) is 0 Å². The van der Waals surface area contributed by atoms with Crippen molar-refractivity contribution in [2.75, 3.05) is 6.54 Å². The van der Waals surface area contributed by atoms with E-state index in [2.05, 4.69) is 0 Å². The number of nitrogens with zero attached hydrogens (tertiary/aromatic N) is 1. The van der Waals surface area contributed by atoms with E-state index in [-0.39, 0.29) is 5.91 Å². The van der Waals surface area contributed by atoms with Crippen LogP contribution in [0.15, 0.2) is 35.9 Å². The number of halogens is 1. The predicted octanol–water partition coefficient (Wildman–Crippen LogP) is 2.66. The van der Waals surface area contributed by atoms with E-state index in [0.717, 1.165) is 10.5 Å². The number of hydrogen-bond donors (Lipinski definition) is 0. The van der Waals surface area contributed by atoms with Crippen LogP contribution >= 0.6 is 11.6 Å². The second-order valence-electron chi connectivity index (χ2n) is 3.54. The number of benzene rings is 1. The summed E-state index contributed by atoms with van der Waals surface area (Å²) in [4.78, 5) is 23.7. The van der Waals surface area contributed by atoms with Crippen molar-refractivity contribution in [2.24, 2.45) is 0 Å². The van der Waals surface area contributed by atoms with Crippen LogP contribution in [0.3, 0.4) is 0 Å². The number of carbonyl (C=O) groups excluding carboxylic acids is 2. The third-order valence-corrected chi connectivity index (χ3v) is 2.68. The van der Waals surface area contributed by atoms with Gasteiger partial charge in [0.2, 0.25) is 0 Å². The van der Waals surface area contributed by atoms with E-state index >= 15 is 0 Å². The molecule has 0 spiro atoms. The van der Waals surface area contributed by atoms with Crippen molar-refractivity contribution in [3.05, 3.63) is 41.5 Å². The fourth-order valence-corrected chi connectivity index (χ4v) is 1.83. The summed E-state index contributed by atoms with van der Waals surface area (Å²) >= 11 is 5.29. The Labute approximate surface area is 98.3 Å². The van der Waals surface area contributed by atoms with Crippen molar-refractivity contribution in [3.8, 4) is 0 Å². The molecule has 82 valence electrons. The average molecular weight is 236 g/mol. The van der Waals surface area contributed by atoms with Crippen LogP contribution in [-0.4, -0.2) is 22.7 Å². The number of likely N-dealkylation sites (tertiary alicyclic amines) is 1. The maximum absolute atomic E-state index is 11.7. The van der Waals surface area contributed by atoms with Crippen LogP contribution in [0, 0.1) is 0 Å². The molecule has 1 fully saturated rings. The summed E-state index contributed by atoms with van der Waals surface area (Å²) < 4.78 is 0. The summed E-state index contributed by atoms with van der Waals surface area (Å²) in [5.74, 6) is -0.288. The molecule has 1 aromatic rings. The van der Waals surface area contributed by atoms with E-state index in [4.69, 9.17) is 11.6 Å². The number of amides is 2. The molecule has 1 aliphatic heterocycles. The lowest BCUT2D eigenvalue weighted by atomic mass is 10.1. The summed E-state index contributed by atoms with van der Waals surface area (Å²) in [6, 6.07) is 9.52. The van der Waals surface area contributed by atoms with Crippen LogP contribution in [-0.2, 0) is 4.79 Å². The topological polar surface area (TPSA) is 37.4 Å². The van der Waals surface area contributed by atoms with Gasteiger partial charge in [-0.25, -0.2) is 0 Å². The molecule has 0 unspecified atom stereocenters. The van der Waals surface area contributed by atoms with Crippen molar-refractivity contribution in [1.82, 2.24) is 4.90 Å². The van der Waals surface area contributed by atoms with E-state index in [1.165, 1.54) is 0 Å². The molecule has 0 bridgehead atoms. The fourth-order valence-electron chi connectivity index (χ4n) is 1.67. The highest BCUT2D eigenvalue weighted by atomic mass is 35.5. The van der Waals surface area contributed by atoms with Crippen LogP contribution in [0.5, 0.6) is 0 Å². The number of hydrogen-bond acceptors (Lipinski definition) is 2. The Hall–Kier alpha value is -1.61. The third-order valence-electron chi connectivity index (χ3n) is 2.48. The van der Waals surface area contributed by atoms with Crippen LogP contribution in [0.25, 0.3) is 6.08 Å². The molecule has 0 N–H and O–H groups in total. The molecule has 4 heteroatoms. The van der Waals surface area contributed by atoms with Crippen LogP contribution < -0.4 is 0 Å². The van der Waals surface area contributed by atoms with E-state index in [9.17, 15) is 9.59 Å². The number of carbonyl (C=O) groups is 2. The van der Waals surface area contributed by atoms with E-state index in [1.54, 1.807) is 6.08 Å². The van der Waals surface area contributed by atoms with Crippen LogP contribution in [0.2, 0.25) is 0 Å². The average Bonchev–Trinajstić information content (AvgIpc) is 2.62. The fraction of sp³-hybridized carbons (Fsp3) is 0.167. The summed E-state index contributed by atoms with van der Waals surface area (Å²) in [7, 11) is 0. The first-order valence-corrected chi connectivity index (χ1v) is 5.33. The van der Waals surface area contributed by atoms with E-state index in [1.807, 2.05) is 30.3 Å². The number of imide groups is 1. The standard InChI is InChI=1S/C12H10ClNO2/c13-12(16)14-7-6-10(11(14)15)8-9-4-2-1-3-5-9/h1-5,8H,6-7H2. The smallest absolute Gasteiger partial charge is 0.269 e. The van der Waals surface area contributed by atoms with Gasteiger partial charge in [0.25, 0.3) is 5.91 Å². The van der Waals surface area contributed by atoms with Gasteiger partial charge in [-0.3, -0.25) is 14.5 Å². The van der Waals surface area contributed by atoms with Crippen molar-refractivity contribution in [2.45, 2.75) is 6.42 Å². The zero-order valence-electron chi connectivity index (χ0n) is 8.52. The second-order valence-corrected chi connectivity index (χ2v) is 3.86. The summed E-state index contributed by atoms with van der Waals surface area (Å²) in [5, 5.41) is -0.707. The number of rotatable bonds is 1. The van der Waals surface area contributed by atoms with Gasteiger partial charge in [-0.05, 0) is 29.7 Å². The Morgan fingerprint density at radius 3 is 2.56 bits per heavy atom. The Balaban J connectivity index is 2.22. The summed E-state index contributed by atoms with van der Waals surface area (Å²) in [6.07, 6.45) is 2.36. The van der Waals surface area contributed by atoms with E-state index in [0.29, 0.717) is 18.5 Å². The van der Waals surface area contributed by atoms with Gasteiger partial charge >= 0.3 is 5.37 Å². The largest absolute Gasteiger partial charge is 0.323 e. The highest BCUT2D eigenvalue weighted by Gasteiger charge is 2.29. The molecule has 1 heterocycles.